The molecule has 0 aliphatic heterocycles. The molecule has 0 aliphatic carbocycles. The predicted octanol–water partition coefficient (Wildman–Crippen LogP) is 3.85. The van der Waals surface area contributed by atoms with E-state index >= 15 is 0 Å². The van der Waals surface area contributed by atoms with Crippen LogP contribution in [0.3, 0.4) is 0 Å². The zero-order valence-corrected chi connectivity index (χ0v) is 17.5. The Morgan fingerprint density at radius 3 is 2.62 bits per heavy atom. The van der Waals surface area contributed by atoms with Crippen molar-refractivity contribution in [1.82, 2.24) is 19.7 Å². The predicted molar refractivity (Wildman–Crippen MR) is 110 cm³/mol. The van der Waals surface area contributed by atoms with E-state index in [2.05, 4.69) is 19.7 Å². The number of aryl methyl sites for hydroxylation is 3. The van der Waals surface area contributed by atoms with E-state index in [1.807, 2.05) is 13.2 Å². The third-order valence-corrected chi connectivity index (χ3v) is 5.16. The van der Waals surface area contributed by atoms with Gasteiger partial charge in [-0.25, -0.2) is 9.18 Å². The quantitative estimate of drug-likeness (QED) is 0.412. The van der Waals surface area contributed by atoms with Crippen LogP contribution in [-0.4, -0.2) is 39.1 Å². The number of rotatable bonds is 8. The highest BCUT2D eigenvalue weighted by molar-refractivity contribution is 7.98. The van der Waals surface area contributed by atoms with E-state index in [0.29, 0.717) is 18.5 Å². The largest absolute Gasteiger partial charge is 0.465 e. The van der Waals surface area contributed by atoms with E-state index in [1.54, 1.807) is 24.3 Å². The topological polar surface area (TPSA) is 69.9 Å². The lowest BCUT2D eigenvalue weighted by atomic mass is 10.1. The van der Waals surface area contributed by atoms with Gasteiger partial charge in [0.05, 0.1) is 19.2 Å². The number of pyridine rings is 1. The third-order valence-electron chi connectivity index (χ3n) is 4.49. The van der Waals surface area contributed by atoms with E-state index in [1.165, 1.54) is 31.0 Å². The van der Waals surface area contributed by atoms with Gasteiger partial charge in [-0.2, -0.15) is 0 Å². The number of nitrogens with zero attached hydrogens (tertiary/aromatic N) is 4. The average Bonchev–Trinajstić information content (AvgIpc) is 3.10. The van der Waals surface area contributed by atoms with E-state index in [4.69, 9.17) is 4.74 Å². The molecule has 3 rings (SSSR count). The summed E-state index contributed by atoms with van der Waals surface area (Å²) in [7, 11) is 1.37. The van der Waals surface area contributed by atoms with Crippen molar-refractivity contribution in [3.8, 4) is 0 Å². The molecule has 29 heavy (non-hydrogen) atoms. The van der Waals surface area contributed by atoms with Crippen molar-refractivity contribution >= 4 is 17.7 Å². The van der Waals surface area contributed by atoms with Crippen LogP contribution >= 0.6 is 11.8 Å². The molecule has 3 aromatic rings. The van der Waals surface area contributed by atoms with Gasteiger partial charge in [-0.05, 0) is 55.9 Å². The molecule has 0 fully saturated rings. The summed E-state index contributed by atoms with van der Waals surface area (Å²) in [5, 5.41) is 9.42. The highest BCUT2D eigenvalue weighted by Gasteiger charge is 2.13. The van der Waals surface area contributed by atoms with Crippen molar-refractivity contribution in [3.63, 3.8) is 0 Å². The van der Waals surface area contributed by atoms with Gasteiger partial charge in [0, 0.05) is 17.8 Å². The Labute approximate surface area is 173 Å². The van der Waals surface area contributed by atoms with Gasteiger partial charge < -0.3 is 9.30 Å². The first kappa shape index (κ1) is 21.0. The maximum absolute atomic E-state index is 13.2. The normalized spacial score (nSPS) is 10.9. The van der Waals surface area contributed by atoms with Gasteiger partial charge in [0.25, 0.3) is 0 Å². The minimum absolute atomic E-state index is 0.250. The number of benzene rings is 1. The van der Waals surface area contributed by atoms with Crippen molar-refractivity contribution in [2.75, 3.05) is 13.4 Å². The molecule has 0 spiro atoms. The standard InChI is InChI=1S/C21H23FN4O2S/c1-14-11-16(20(27)28-2)12-18(23-14)5-4-6-19-24-25-21(29-3)26(19)13-15-7-9-17(22)10-8-15/h7-12H,4-6,13H2,1-3H3. The summed E-state index contributed by atoms with van der Waals surface area (Å²) >= 11 is 1.53. The second-order valence-corrected chi connectivity index (χ2v) is 7.42. The second-order valence-electron chi connectivity index (χ2n) is 6.65. The van der Waals surface area contributed by atoms with E-state index < -0.39 is 0 Å². The molecule has 2 heterocycles. The van der Waals surface area contributed by atoms with Crippen LogP contribution in [0.5, 0.6) is 0 Å². The summed E-state index contributed by atoms with van der Waals surface area (Å²) in [5.74, 6) is 0.264. The summed E-state index contributed by atoms with van der Waals surface area (Å²) in [6.07, 6.45) is 4.20. The highest BCUT2D eigenvalue weighted by atomic mass is 32.2. The van der Waals surface area contributed by atoms with Gasteiger partial charge >= 0.3 is 5.97 Å². The number of methoxy groups -OCH3 is 1. The Kier molecular flexibility index (Phi) is 6.98. The monoisotopic (exact) mass is 414 g/mol. The molecule has 0 bridgehead atoms. The minimum atomic E-state index is -0.361. The molecule has 0 unspecified atom stereocenters. The van der Waals surface area contributed by atoms with Crippen molar-refractivity contribution in [1.29, 1.82) is 0 Å². The second kappa shape index (κ2) is 9.65. The molecule has 0 atom stereocenters. The van der Waals surface area contributed by atoms with Crippen LogP contribution in [0.4, 0.5) is 4.39 Å². The molecule has 0 N–H and O–H groups in total. The van der Waals surface area contributed by atoms with Crippen LogP contribution in [0.2, 0.25) is 0 Å². The van der Waals surface area contributed by atoms with Gasteiger partial charge in [-0.1, -0.05) is 23.9 Å². The number of halogens is 1. The van der Waals surface area contributed by atoms with E-state index in [9.17, 15) is 9.18 Å². The molecule has 8 heteroatoms. The Balaban J connectivity index is 1.70. The lowest BCUT2D eigenvalue weighted by Crippen LogP contribution is -2.08. The van der Waals surface area contributed by atoms with Crippen molar-refractivity contribution < 1.29 is 13.9 Å². The van der Waals surface area contributed by atoms with Crippen molar-refractivity contribution in [2.45, 2.75) is 37.9 Å². The summed E-state index contributed by atoms with van der Waals surface area (Å²) < 4.78 is 20.0. The molecule has 0 saturated heterocycles. The summed E-state index contributed by atoms with van der Waals surface area (Å²) in [6.45, 7) is 2.45. The summed E-state index contributed by atoms with van der Waals surface area (Å²) in [5.41, 5.74) is 3.14. The molecule has 152 valence electrons. The Hall–Kier alpha value is -2.74. The highest BCUT2D eigenvalue weighted by Crippen LogP contribution is 2.18. The molecular formula is C21H23FN4O2S. The zero-order chi connectivity index (χ0) is 20.8. The molecule has 2 aromatic heterocycles. The number of ether oxygens (including phenoxy) is 1. The van der Waals surface area contributed by atoms with Crippen LogP contribution in [0.15, 0.2) is 41.6 Å². The third kappa shape index (κ3) is 5.41. The molecular weight excluding hydrogens is 391 g/mol. The molecule has 0 aliphatic rings. The molecule has 0 amide bonds. The average molecular weight is 415 g/mol. The van der Waals surface area contributed by atoms with Crippen LogP contribution in [0.25, 0.3) is 0 Å². The smallest absolute Gasteiger partial charge is 0.337 e. The van der Waals surface area contributed by atoms with Crippen LogP contribution in [0.1, 0.15) is 39.6 Å². The molecule has 1 aromatic carbocycles. The van der Waals surface area contributed by atoms with Crippen LogP contribution < -0.4 is 0 Å². The number of carbonyl (C=O) groups is 1. The Morgan fingerprint density at radius 2 is 1.93 bits per heavy atom. The molecule has 0 radical (unpaired) electrons. The lowest BCUT2D eigenvalue weighted by Gasteiger charge is -2.10. The lowest BCUT2D eigenvalue weighted by molar-refractivity contribution is 0.0600. The molecule has 0 saturated carbocycles. The maximum Gasteiger partial charge on any atom is 0.337 e. The fourth-order valence-electron chi connectivity index (χ4n) is 3.11. The number of thioether (sulfide) groups is 1. The first-order valence-corrected chi connectivity index (χ1v) is 10.5. The number of carbonyl (C=O) groups excluding carboxylic acids is 1. The van der Waals surface area contributed by atoms with E-state index in [-0.39, 0.29) is 11.8 Å². The number of aromatic nitrogens is 4. The van der Waals surface area contributed by atoms with Gasteiger partial charge in [0.1, 0.15) is 11.6 Å². The SMILES string of the molecule is COC(=O)c1cc(C)nc(CCCc2nnc(SC)n2Cc2ccc(F)cc2)c1. The maximum atomic E-state index is 13.2. The number of esters is 1. The van der Waals surface area contributed by atoms with Gasteiger partial charge in [0.15, 0.2) is 5.16 Å². The first-order chi connectivity index (χ1) is 14.0. The fourth-order valence-corrected chi connectivity index (χ4v) is 3.63. The van der Waals surface area contributed by atoms with E-state index in [0.717, 1.165) is 40.8 Å². The zero-order valence-electron chi connectivity index (χ0n) is 16.7. The number of hydrogen-bond acceptors (Lipinski definition) is 6. The first-order valence-electron chi connectivity index (χ1n) is 9.26. The Bertz CT molecular complexity index is 989. The van der Waals surface area contributed by atoms with Gasteiger partial charge in [0.2, 0.25) is 0 Å². The minimum Gasteiger partial charge on any atom is -0.465 e. The number of hydrogen-bond donors (Lipinski definition) is 0. The Morgan fingerprint density at radius 1 is 1.17 bits per heavy atom. The van der Waals surface area contributed by atoms with Crippen LogP contribution in [-0.2, 0) is 24.1 Å². The fraction of sp³-hybridized carbons (Fsp3) is 0.333. The van der Waals surface area contributed by atoms with Crippen molar-refractivity contribution in [2.24, 2.45) is 0 Å². The summed E-state index contributed by atoms with van der Waals surface area (Å²) in [4.78, 5) is 16.3. The van der Waals surface area contributed by atoms with Gasteiger partial charge in [-0.3, -0.25) is 4.98 Å². The van der Waals surface area contributed by atoms with Crippen molar-refractivity contribution in [3.05, 3.63) is 70.6 Å². The summed E-state index contributed by atoms with van der Waals surface area (Å²) in [6, 6.07) is 9.96. The van der Waals surface area contributed by atoms with Crippen LogP contribution in [0, 0.1) is 12.7 Å². The molecule has 6 nitrogen and oxygen atoms in total. The van der Waals surface area contributed by atoms with Gasteiger partial charge in [-0.15, -0.1) is 10.2 Å².